The summed E-state index contributed by atoms with van der Waals surface area (Å²) >= 11 is 3.24. The Labute approximate surface area is 95.9 Å². The lowest BCUT2D eigenvalue weighted by Gasteiger charge is -2.13. The minimum Gasteiger partial charge on any atom is -0.507 e. The highest BCUT2D eigenvalue weighted by Crippen LogP contribution is 2.51. The number of carbonyl (C=O) groups is 1. The molecule has 1 fully saturated rings. The Morgan fingerprint density at radius 1 is 1.47 bits per heavy atom. The van der Waals surface area contributed by atoms with Crippen molar-refractivity contribution in [2.45, 2.75) is 24.7 Å². The molecule has 0 aliphatic heterocycles. The number of phenolic OH excluding ortho intramolecular Hbond substituents is 1. The molecule has 0 saturated heterocycles. The lowest BCUT2D eigenvalue weighted by molar-refractivity contribution is -0.137. The average molecular weight is 271 g/mol. The molecule has 0 atom stereocenters. The molecule has 80 valence electrons. The van der Waals surface area contributed by atoms with E-state index in [9.17, 15) is 9.90 Å². The first-order valence-corrected chi connectivity index (χ1v) is 5.54. The zero-order valence-electron chi connectivity index (χ0n) is 8.03. The molecular formula is C11H11BrO3. The largest absolute Gasteiger partial charge is 0.507 e. The van der Waals surface area contributed by atoms with Crippen molar-refractivity contribution in [3.8, 4) is 5.75 Å². The Balaban J connectivity index is 2.29. The molecule has 1 aliphatic carbocycles. The summed E-state index contributed by atoms with van der Waals surface area (Å²) in [7, 11) is 0. The normalized spacial score (nSPS) is 17.4. The van der Waals surface area contributed by atoms with Gasteiger partial charge in [0.15, 0.2) is 0 Å². The standard InChI is InChI=1S/C11H11BrO3/c12-8-5-7(1-2-9(8)13)11(3-4-11)6-10(14)15/h1-2,5,13H,3-4,6H2,(H,14,15). The zero-order chi connectivity index (χ0) is 11.1. The molecule has 1 aliphatic rings. The highest BCUT2D eigenvalue weighted by molar-refractivity contribution is 9.10. The lowest BCUT2D eigenvalue weighted by Crippen LogP contribution is -2.12. The van der Waals surface area contributed by atoms with Crippen molar-refractivity contribution < 1.29 is 15.0 Å². The van der Waals surface area contributed by atoms with Crippen LogP contribution in [0.2, 0.25) is 0 Å². The highest BCUT2D eigenvalue weighted by atomic mass is 79.9. The summed E-state index contributed by atoms with van der Waals surface area (Å²) in [6.45, 7) is 0. The van der Waals surface area contributed by atoms with Gasteiger partial charge in [0.1, 0.15) is 5.75 Å². The number of rotatable bonds is 3. The minimum atomic E-state index is -0.767. The van der Waals surface area contributed by atoms with Gasteiger partial charge in [0.25, 0.3) is 0 Å². The second kappa shape index (κ2) is 3.52. The summed E-state index contributed by atoms with van der Waals surface area (Å²) < 4.78 is 0.622. The van der Waals surface area contributed by atoms with E-state index in [2.05, 4.69) is 15.9 Å². The van der Waals surface area contributed by atoms with Crippen LogP contribution in [0.25, 0.3) is 0 Å². The van der Waals surface area contributed by atoms with Crippen molar-refractivity contribution in [2.24, 2.45) is 0 Å². The van der Waals surface area contributed by atoms with Gasteiger partial charge in [0.2, 0.25) is 0 Å². The predicted molar refractivity (Wildman–Crippen MR) is 59.0 cm³/mol. The third kappa shape index (κ3) is 2.00. The molecule has 3 nitrogen and oxygen atoms in total. The quantitative estimate of drug-likeness (QED) is 0.888. The Morgan fingerprint density at radius 2 is 2.13 bits per heavy atom. The maximum absolute atomic E-state index is 10.7. The Morgan fingerprint density at radius 3 is 2.60 bits per heavy atom. The first-order chi connectivity index (χ1) is 7.03. The molecule has 0 unspecified atom stereocenters. The summed E-state index contributed by atoms with van der Waals surface area (Å²) in [4.78, 5) is 10.7. The molecule has 0 spiro atoms. The van der Waals surface area contributed by atoms with Crippen molar-refractivity contribution in [1.82, 2.24) is 0 Å². The molecule has 0 amide bonds. The molecule has 0 heterocycles. The summed E-state index contributed by atoms with van der Waals surface area (Å²) in [6, 6.07) is 5.21. The van der Waals surface area contributed by atoms with E-state index in [0.29, 0.717) is 4.47 Å². The maximum Gasteiger partial charge on any atom is 0.304 e. The molecule has 2 N–H and O–H groups in total. The molecule has 1 aromatic rings. The van der Waals surface area contributed by atoms with Crippen molar-refractivity contribution in [3.63, 3.8) is 0 Å². The number of carboxylic acids is 1. The molecular weight excluding hydrogens is 260 g/mol. The molecule has 0 radical (unpaired) electrons. The van der Waals surface area contributed by atoms with Gasteiger partial charge in [-0.05, 0) is 46.5 Å². The zero-order valence-corrected chi connectivity index (χ0v) is 9.62. The third-order valence-corrected chi connectivity index (χ3v) is 3.54. The number of hydrogen-bond acceptors (Lipinski definition) is 2. The Hall–Kier alpha value is -1.03. The fourth-order valence-corrected chi connectivity index (χ4v) is 2.22. The van der Waals surface area contributed by atoms with Crippen LogP contribution in [0.3, 0.4) is 0 Å². The van der Waals surface area contributed by atoms with Crippen LogP contribution in [-0.2, 0) is 10.2 Å². The number of hydrogen-bond donors (Lipinski definition) is 2. The van der Waals surface area contributed by atoms with E-state index in [4.69, 9.17) is 5.11 Å². The van der Waals surface area contributed by atoms with Crippen molar-refractivity contribution in [2.75, 3.05) is 0 Å². The predicted octanol–water partition coefficient (Wildman–Crippen LogP) is 2.66. The highest BCUT2D eigenvalue weighted by Gasteiger charge is 2.46. The number of aliphatic carboxylic acids is 1. The van der Waals surface area contributed by atoms with Crippen molar-refractivity contribution in [1.29, 1.82) is 0 Å². The summed E-state index contributed by atoms with van der Waals surface area (Å²) in [5.41, 5.74) is 0.803. The second-order valence-corrected chi connectivity index (χ2v) is 4.87. The van der Waals surface area contributed by atoms with Crippen molar-refractivity contribution >= 4 is 21.9 Å². The van der Waals surface area contributed by atoms with Gasteiger partial charge in [-0.3, -0.25) is 4.79 Å². The molecule has 0 bridgehead atoms. The monoisotopic (exact) mass is 270 g/mol. The SMILES string of the molecule is O=C(O)CC1(c2ccc(O)c(Br)c2)CC1. The van der Waals surface area contributed by atoms with Gasteiger partial charge in [-0.25, -0.2) is 0 Å². The Bertz CT molecular complexity index is 410. The van der Waals surface area contributed by atoms with Crippen LogP contribution in [0.5, 0.6) is 5.75 Å². The smallest absolute Gasteiger partial charge is 0.304 e. The summed E-state index contributed by atoms with van der Waals surface area (Å²) in [5.74, 6) is -0.582. The van der Waals surface area contributed by atoms with Crippen LogP contribution >= 0.6 is 15.9 Å². The van der Waals surface area contributed by atoms with E-state index in [0.717, 1.165) is 18.4 Å². The van der Waals surface area contributed by atoms with E-state index >= 15 is 0 Å². The number of halogens is 1. The first-order valence-electron chi connectivity index (χ1n) is 4.74. The lowest BCUT2D eigenvalue weighted by atomic mass is 9.92. The van der Waals surface area contributed by atoms with Gasteiger partial charge in [0, 0.05) is 5.41 Å². The van der Waals surface area contributed by atoms with E-state index in [-0.39, 0.29) is 17.6 Å². The van der Waals surface area contributed by atoms with Gasteiger partial charge in [-0.15, -0.1) is 0 Å². The van der Waals surface area contributed by atoms with Crippen LogP contribution in [0.15, 0.2) is 22.7 Å². The second-order valence-electron chi connectivity index (χ2n) is 4.02. The summed E-state index contributed by atoms with van der Waals surface area (Å²) in [6.07, 6.45) is 2.00. The molecule has 1 saturated carbocycles. The molecule has 15 heavy (non-hydrogen) atoms. The molecule has 4 heteroatoms. The Kier molecular flexibility index (Phi) is 2.46. The first kappa shape index (κ1) is 10.5. The fraction of sp³-hybridized carbons (Fsp3) is 0.364. The third-order valence-electron chi connectivity index (χ3n) is 2.90. The van der Waals surface area contributed by atoms with Crippen LogP contribution in [0, 0.1) is 0 Å². The fourth-order valence-electron chi connectivity index (χ4n) is 1.84. The number of benzene rings is 1. The van der Waals surface area contributed by atoms with Gasteiger partial charge < -0.3 is 10.2 Å². The number of aromatic hydroxyl groups is 1. The summed E-state index contributed by atoms with van der Waals surface area (Å²) in [5, 5.41) is 18.2. The van der Waals surface area contributed by atoms with Gasteiger partial charge >= 0.3 is 5.97 Å². The van der Waals surface area contributed by atoms with Gasteiger partial charge in [-0.1, -0.05) is 6.07 Å². The van der Waals surface area contributed by atoms with E-state index in [1.807, 2.05) is 6.07 Å². The molecule has 1 aromatic carbocycles. The topological polar surface area (TPSA) is 57.5 Å². The van der Waals surface area contributed by atoms with Crippen LogP contribution in [0.1, 0.15) is 24.8 Å². The average Bonchev–Trinajstić information content (AvgIpc) is 2.89. The van der Waals surface area contributed by atoms with Crippen LogP contribution in [-0.4, -0.2) is 16.2 Å². The number of carboxylic acid groups (broad SMARTS) is 1. The van der Waals surface area contributed by atoms with Gasteiger partial charge in [-0.2, -0.15) is 0 Å². The van der Waals surface area contributed by atoms with E-state index in [1.54, 1.807) is 12.1 Å². The maximum atomic E-state index is 10.7. The van der Waals surface area contributed by atoms with Gasteiger partial charge in [0.05, 0.1) is 10.9 Å². The minimum absolute atomic E-state index is 0.171. The molecule has 2 rings (SSSR count). The van der Waals surface area contributed by atoms with E-state index in [1.165, 1.54) is 0 Å². The van der Waals surface area contributed by atoms with Crippen LogP contribution in [0.4, 0.5) is 0 Å². The van der Waals surface area contributed by atoms with Crippen LogP contribution < -0.4 is 0 Å². The number of phenols is 1. The van der Waals surface area contributed by atoms with E-state index < -0.39 is 5.97 Å². The molecule has 0 aromatic heterocycles. The van der Waals surface area contributed by atoms with Crippen molar-refractivity contribution in [3.05, 3.63) is 28.2 Å².